The summed E-state index contributed by atoms with van der Waals surface area (Å²) in [5.74, 6) is -0.334. The molecule has 1 aromatic rings. The summed E-state index contributed by atoms with van der Waals surface area (Å²) in [4.78, 5) is 26.2. The molecule has 1 aliphatic heterocycles. The van der Waals surface area contributed by atoms with Crippen molar-refractivity contribution in [1.82, 2.24) is 4.90 Å². The molecule has 1 aliphatic rings. The van der Waals surface area contributed by atoms with E-state index in [1.54, 1.807) is 25.1 Å². The highest BCUT2D eigenvalue weighted by atomic mass is 35.5. The molecule has 0 N–H and O–H groups in total. The molecule has 4 nitrogen and oxygen atoms in total. The number of rotatable bonds is 4. The van der Waals surface area contributed by atoms with Gasteiger partial charge in [0.2, 0.25) is 0 Å². The Labute approximate surface area is 140 Å². The Kier molecular flexibility index (Phi) is 5.53. The van der Waals surface area contributed by atoms with Gasteiger partial charge in [0.05, 0.1) is 12.1 Å². The fourth-order valence-corrected chi connectivity index (χ4v) is 3.34. The second-order valence-corrected chi connectivity index (χ2v) is 6.21. The quantitative estimate of drug-likeness (QED) is 0.622. The zero-order chi connectivity index (χ0) is 16.3. The van der Waals surface area contributed by atoms with Crippen LogP contribution in [0.25, 0.3) is 0 Å². The average molecular weight is 340 g/mol. The number of thiocarbonyl (C=S) groups is 1. The average Bonchev–Trinajstić information content (AvgIpc) is 2.50. The van der Waals surface area contributed by atoms with Crippen LogP contribution in [-0.4, -0.2) is 35.3 Å². The Morgan fingerprint density at radius 3 is 2.64 bits per heavy atom. The summed E-state index contributed by atoms with van der Waals surface area (Å²) in [6.07, 6.45) is 1.16. The zero-order valence-corrected chi connectivity index (χ0v) is 14.1. The predicted octanol–water partition coefficient (Wildman–Crippen LogP) is 3.18. The molecule has 2 rings (SSSR count). The minimum absolute atomic E-state index is 0.0618. The summed E-state index contributed by atoms with van der Waals surface area (Å²) in [5.41, 5.74) is 0.666. The van der Waals surface area contributed by atoms with Gasteiger partial charge in [-0.2, -0.15) is 0 Å². The van der Waals surface area contributed by atoms with Gasteiger partial charge in [-0.05, 0) is 19.4 Å². The molecule has 1 heterocycles. The first-order chi connectivity index (χ1) is 10.5. The first-order valence-electron chi connectivity index (χ1n) is 7.08. The van der Waals surface area contributed by atoms with E-state index < -0.39 is 12.0 Å². The predicted molar refractivity (Wildman–Crippen MR) is 88.9 cm³/mol. The van der Waals surface area contributed by atoms with Crippen LogP contribution >= 0.6 is 23.8 Å². The number of nitrogens with zero attached hydrogens (tertiary/aromatic N) is 1. The van der Waals surface area contributed by atoms with Crippen molar-refractivity contribution in [2.75, 3.05) is 13.7 Å². The highest BCUT2D eigenvalue weighted by Gasteiger charge is 2.36. The van der Waals surface area contributed by atoms with Gasteiger partial charge >= 0.3 is 5.97 Å². The van der Waals surface area contributed by atoms with Gasteiger partial charge in [-0.25, -0.2) is 4.79 Å². The molecule has 0 radical (unpaired) electrons. The molecular formula is C16H18ClNO3S. The van der Waals surface area contributed by atoms with Crippen LogP contribution in [0.2, 0.25) is 5.02 Å². The molecule has 0 amide bonds. The van der Waals surface area contributed by atoms with Crippen molar-refractivity contribution in [2.24, 2.45) is 5.92 Å². The molecule has 6 heteroatoms. The molecule has 0 aliphatic carbocycles. The summed E-state index contributed by atoms with van der Waals surface area (Å²) in [5, 5.41) is 0.495. The highest BCUT2D eigenvalue weighted by molar-refractivity contribution is 7.80. The van der Waals surface area contributed by atoms with Crippen molar-refractivity contribution in [3.05, 3.63) is 34.9 Å². The van der Waals surface area contributed by atoms with Crippen molar-refractivity contribution in [1.29, 1.82) is 0 Å². The van der Waals surface area contributed by atoms with Crippen LogP contribution in [0.4, 0.5) is 0 Å². The molecule has 0 bridgehead atoms. The first kappa shape index (κ1) is 16.9. The van der Waals surface area contributed by atoms with Crippen LogP contribution in [0.3, 0.4) is 0 Å². The Balaban J connectivity index is 2.32. The van der Waals surface area contributed by atoms with Crippen LogP contribution in [0.1, 0.15) is 31.4 Å². The van der Waals surface area contributed by atoms with Gasteiger partial charge in [-0.1, -0.05) is 42.0 Å². The normalized spacial score (nSPS) is 19.7. The third-order valence-electron chi connectivity index (χ3n) is 3.97. The third kappa shape index (κ3) is 3.47. The molecule has 0 aromatic heterocycles. The fraction of sp³-hybridized carbons (Fsp3) is 0.438. The van der Waals surface area contributed by atoms with Crippen LogP contribution in [0.15, 0.2) is 24.3 Å². The number of carbonyl (C=O) groups excluding carboxylic acids is 2. The molecular weight excluding hydrogens is 322 g/mol. The number of hydrogen-bond acceptors (Lipinski definition) is 4. The Morgan fingerprint density at radius 2 is 2.09 bits per heavy atom. The number of benzene rings is 1. The lowest BCUT2D eigenvalue weighted by atomic mass is 9.91. The summed E-state index contributed by atoms with van der Waals surface area (Å²) in [6.45, 7) is 2.11. The van der Waals surface area contributed by atoms with Crippen molar-refractivity contribution in [2.45, 2.75) is 25.8 Å². The molecule has 1 saturated heterocycles. The monoisotopic (exact) mass is 339 g/mol. The van der Waals surface area contributed by atoms with Gasteiger partial charge in [-0.15, -0.1) is 0 Å². The standard InChI is InChI=1S/C16H18ClNO3S/c1-10(19)11-7-8-18(14(22)9-11)15(16(20)21-2)12-5-3-4-6-13(12)17/h3-6,11,15H,7-9H2,1-2H3. The maximum absolute atomic E-state index is 12.3. The maximum atomic E-state index is 12.3. The van der Waals surface area contributed by atoms with Gasteiger partial charge in [-0.3, -0.25) is 4.79 Å². The second-order valence-electron chi connectivity index (χ2n) is 5.33. The number of hydrogen-bond donors (Lipinski definition) is 0. The summed E-state index contributed by atoms with van der Waals surface area (Å²) >= 11 is 11.7. The number of esters is 1. The van der Waals surface area contributed by atoms with Crippen molar-refractivity contribution in [3.8, 4) is 0 Å². The lowest BCUT2D eigenvalue weighted by Crippen LogP contribution is -2.44. The number of ether oxygens (including phenoxy) is 1. The fourth-order valence-electron chi connectivity index (χ4n) is 2.70. The van der Waals surface area contributed by atoms with Gasteiger partial charge < -0.3 is 9.64 Å². The van der Waals surface area contributed by atoms with Gasteiger partial charge in [0.1, 0.15) is 5.78 Å². The topological polar surface area (TPSA) is 46.6 Å². The van der Waals surface area contributed by atoms with Gasteiger partial charge in [0.25, 0.3) is 0 Å². The minimum atomic E-state index is -0.667. The van der Waals surface area contributed by atoms with Crippen LogP contribution < -0.4 is 0 Å². The Hall–Kier alpha value is -1.46. The molecule has 2 unspecified atom stereocenters. The third-order valence-corrected chi connectivity index (χ3v) is 4.72. The number of likely N-dealkylation sites (tertiary alicyclic amines) is 1. The molecule has 118 valence electrons. The molecule has 0 spiro atoms. The number of halogens is 1. The van der Waals surface area contributed by atoms with Crippen LogP contribution in [0.5, 0.6) is 0 Å². The van der Waals surface area contributed by atoms with E-state index in [0.717, 1.165) is 0 Å². The van der Waals surface area contributed by atoms with E-state index in [9.17, 15) is 9.59 Å². The first-order valence-corrected chi connectivity index (χ1v) is 7.86. The summed E-state index contributed by atoms with van der Waals surface area (Å²) < 4.78 is 4.93. The van der Waals surface area contributed by atoms with E-state index in [4.69, 9.17) is 28.6 Å². The van der Waals surface area contributed by atoms with Crippen LogP contribution in [0, 0.1) is 5.92 Å². The van der Waals surface area contributed by atoms with Crippen molar-refractivity contribution in [3.63, 3.8) is 0 Å². The van der Waals surface area contributed by atoms with Crippen molar-refractivity contribution < 1.29 is 14.3 Å². The second kappa shape index (κ2) is 7.20. The molecule has 2 atom stereocenters. The summed E-state index contributed by atoms with van der Waals surface area (Å²) in [7, 11) is 1.34. The minimum Gasteiger partial charge on any atom is -0.467 e. The lowest BCUT2D eigenvalue weighted by molar-refractivity contribution is -0.146. The lowest BCUT2D eigenvalue weighted by Gasteiger charge is -2.38. The van der Waals surface area contributed by atoms with E-state index in [0.29, 0.717) is 35.0 Å². The summed E-state index contributed by atoms with van der Waals surface area (Å²) in [6, 6.07) is 6.49. The van der Waals surface area contributed by atoms with Crippen LogP contribution in [-0.2, 0) is 14.3 Å². The molecule has 1 fully saturated rings. The van der Waals surface area contributed by atoms with E-state index >= 15 is 0 Å². The largest absolute Gasteiger partial charge is 0.467 e. The van der Waals surface area contributed by atoms with E-state index in [-0.39, 0.29) is 11.7 Å². The Morgan fingerprint density at radius 1 is 1.41 bits per heavy atom. The highest BCUT2D eigenvalue weighted by Crippen LogP contribution is 2.33. The van der Waals surface area contributed by atoms with Gasteiger partial charge in [0.15, 0.2) is 6.04 Å². The number of Topliss-reactive ketones (excluding diaryl/α,β-unsaturated/α-hetero) is 1. The number of carbonyl (C=O) groups is 2. The number of methoxy groups -OCH3 is 1. The van der Waals surface area contributed by atoms with E-state index in [1.807, 2.05) is 11.0 Å². The molecule has 0 saturated carbocycles. The smallest absolute Gasteiger partial charge is 0.333 e. The molecule has 22 heavy (non-hydrogen) atoms. The number of ketones is 1. The SMILES string of the molecule is COC(=O)C(c1ccccc1Cl)N1CCC(C(C)=O)CC1=S. The van der Waals surface area contributed by atoms with E-state index in [1.165, 1.54) is 7.11 Å². The Bertz CT molecular complexity index is 605. The maximum Gasteiger partial charge on any atom is 0.333 e. The van der Waals surface area contributed by atoms with Crippen molar-refractivity contribution >= 4 is 40.6 Å². The van der Waals surface area contributed by atoms with E-state index in [2.05, 4.69) is 0 Å². The number of piperidine rings is 1. The zero-order valence-electron chi connectivity index (χ0n) is 12.5. The molecule has 1 aromatic carbocycles. The van der Waals surface area contributed by atoms with Gasteiger partial charge in [0, 0.05) is 29.5 Å².